The molecule has 0 aliphatic heterocycles. The first kappa shape index (κ1) is 7.92. The molecule has 1 heterocycles. The largest absolute Gasteiger partial charge is 0.294 e. The van der Waals surface area contributed by atoms with Crippen molar-refractivity contribution in [2.45, 2.75) is 20.4 Å². The molecule has 0 aliphatic carbocycles. The fourth-order valence-corrected chi connectivity index (χ4v) is 0.927. The third-order valence-electron chi connectivity index (χ3n) is 1.63. The van der Waals surface area contributed by atoms with Gasteiger partial charge in [0.25, 0.3) is 0 Å². The predicted molar refractivity (Wildman–Crippen MR) is 42.3 cm³/mol. The number of nitrogens with zero attached hydrogens (tertiary/aromatic N) is 1. The lowest BCUT2D eigenvalue weighted by molar-refractivity contribution is -0.693. The summed E-state index contributed by atoms with van der Waals surface area (Å²) in [5.74, 6) is 0.118. The summed E-state index contributed by atoms with van der Waals surface area (Å²) in [6.07, 6.45) is 3.81. The topological polar surface area (TPSA) is 20.9 Å². The van der Waals surface area contributed by atoms with Crippen molar-refractivity contribution < 1.29 is 9.36 Å². The molecule has 11 heavy (non-hydrogen) atoms. The molecule has 0 saturated carbocycles. The maximum atomic E-state index is 10.9. The molecule has 0 atom stereocenters. The molecule has 0 amide bonds. The van der Waals surface area contributed by atoms with Crippen molar-refractivity contribution in [1.82, 2.24) is 0 Å². The minimum atomic E-state index is 0.118. The smallest absolute Gasteiger partial charge is 0.179 e. The van der Waals surface area contributed by atoms with Crippen molar-refractivity contribution in [3.8, 4) is 0 Å². The van der Waals surface area contributed by atoms with E-state index < -0.39 is 0 Å². The van der Waals surface area contributed by atoms with E-state index in [4.69, 9.17) is 0 Å². The lowest BCUT2D eigenvalue weighted by Gasteiger charge is -1.93. The first-order chi connectivity index (χ1) is 5.24. The molecule has 0 aliphatic rings. The van der Waals surface area contributed by atoms with E-state index >= 15 is 0 Å². The average molecular weight is 150 g/mol. The molecule has 0 aromatic carbocycles. The second-order valence-electron chi connectivity index (χ2n) is 2.48. The van der Waals surface area contributed by atoms with E-state index in [1.165, 1.54) is 0 Å². The number of hydrogen-bond acceptors (Lipinski definition) is 1. The second-order valence-corrected chi connectivity index (χ2v) is 2.48. The molecule has 2 nitrogen and oxygen atoms in total. The first-order valence-corrected chi connectivity index (χ1v) is 3.74. The third-order valence-corrected chi connectivity index (χ3v) is 1.63. The van der Waals surface area contributed by atoms with E-state index in [1.54, 1.807) is 6.92 Å². The van der Waals surface area contributed by atoms with Crippen molar-refractivity contribution in [3.05, 3.63) is 30.1 Å². The minimum absolute atomic E-state index is 0.118. The van der Waals surface area contributed by atoms with E-state index in [9.17, 15) is 4.79 Å². The van der Waals surface area contributed by atoms with Crippen LogP contribution in [0.5, 0.6) is 0 Å². The summed E-state index contributed by atoms with van der Waals surface area (Å²) >= 11 is 0. The number of pyridine rings is 1. The third kappa shape index (κ3) is 1.87. The van der Waals surface area contributed by atoms with Crippen molar-refractivity contribution in [2.75, 3.05) is 0 Å². The number of rotatable bonds is 2. The zero-order valence-electron chi connectivity index (χ0n) is 6.87. The normalized spacial score (nSPS) is 9.64. The predicted octanol–water partition coefficient (Wildman–Crippen LogP) is 1.20. The zero-order valence-corrected chi connectivity index (χ0v) is 6.87. The lowest BCUT2D eigenvalue weighted by Crippen LogP contribution is -2.31. The van der Waals surface area contributed by atoms with E-state index in [2.05, 4.69) is 0 Å². The van der Waals surface area contributed by atoms with Crippen LogP contribution in [0.2, 0.25) is 0 Å². The molecule has 0 bridgehead atoms. The Morgan fingerprint density at radius 2 is 2.36 bits per heavy atom. The van der Waals surface area contributed by atoms with Crippen molar-refractivity contribution in [3.63, 3.8) is 0 Å². The SMILES string of the molecule is CC[n+]1cccc(C(C)=O)c1. The summed E-state index contributed by atoms with van der Waals surface area (Å²) in [7, 11) is 0. The molecule has 1 aromatic heterocycles. The van der Waals surface area contributed by atoms with Gasteiger partial charge in [-0.2, -0.15) is 0 Å². The van der Waals surface area contributed by atoms with Gasteiger partial charge in [0.1, 0.15) is 6.54 Å². The lowest BCUT2D eigenvalue weighted by atomic mass is 10.2. The highest BCUT2D eigenvalue weighted by Gasteiger charge is 2.03. The molecule has 1 aromatic rings. The highest BCUT2D eigenvalue weighted by molar-refractivity contribution is 5.93. The van der Waals surface area contributed by atoms with Gasteiger partial charge < -0.3 is 0 Å². The number of aryl methyl sites for hydroxylation is 1. The van der Waals surface area contributed by atoms with Crippen LogP contribution in [-0.2, 0) is 6.54 Å². The van der Waals surface area contributed by atoms with Gasteiger partial charge in [-0.05, 0) is 19.9 Å². The standard InChI is InChI=1S/C9H12NO/c1-3-10-6-4-5-9(7-10)8(2)11/h4-7H,3H2,1-2H3/q+1. The van der Waals surface area contributed by atoms with E-state index in [0.29, 0.717) is 0 Å². The van der Waals surface area contributed by atoms with Crippen LogP contribution in [0.1, 0.15) is 24.2 Å². The maximum absolute atomic E-state index is 10.9. The monoisotopic (exact) mass is 150 g/mol. The van der Waals surface area contributed by atoms with Gasteiger partial charge >= 0.3 is 0 Å². The van der Waals surface area contributed by atoms with Gasteiger partial charge in [-0.3, -0.25) is 4.79 Å². The Morgan fingerprint density at radius 3 is 2.91 bits per heavy atom. The minimum Gasteiger partial charge on any atom is -0.294 e. The molecule has 0 saturated heterocycles. The Morgan fingerprint density at radius 1 is 1.64 bits per heavy atom. The summed E-state index contributed by atoms with van der Waals surface area (Å²) in [6.45, 7) is 4.53. The maximum Gasteiger partial charge on any atom is 0.179 e. The summed E-state index contributed by atoms with van der Waals surface area (Å²) in [6, 6.07) is 3.72. The van der Waals surface area contributed by atoms with Crippen LogP contribution in [0.15, 0.2) is 24.5 Å². The Balaban J connectivity index is 3.01. The molecule has 2 heteroatoms. The highest BCUT2D eigenvalue weighted by atomic mass is 16.1. The summed E-state index contributed by atoms with van der Waals surface area (Å²) in [4.78, 5) is 10.9. The molecule has 0 radical (unpaired) electrons. The van der Waals surface area contributed by atoms with Gasteiger partial charge in [-0.15, -0.1) is 0 Å². The fourth-order valence-electron chi connectivity index (χ4n) is 0.927. The van der Waals surface area contributed by atoms with Crippen LogP contribution in [0.3, 0.4) is 0 Å². The van der Waals surface area contributed by atoms with Gasteiger partial charge in [0.2, 0.25) is 0 Å². The van der Waals surface area contributed by atoms with Gasteiger partial charge in [-0.1, -0.05) is 0 Å². The summed E-state index contributed by atoms with van der Waals surface area (Å²) in [5, 5.41) is 0. The van der Waals surface area contributed by atoms with E-state index in [1.807, 2.05) is 36.0 Å². The molecule has 0 fully saturated rings. The van der Waals surface area contributed by atoms with Crippen molar-refractivity contribution in [1.29, 1.82) is 0 Å². The highest BCUT2D eigenvalue weighted by Crippen LogP contribution is 1.94. The van der Waals surface area contributed by atoms with Gasteiger partial charge in [0, 0.05) is 6.07 Å². The Labute approximate surface area is 66.5 Å². The molecule has 1 rings (SSSR count). The number of hydrogen-bond donors (Lipinski definition) is 0. The Hall–Kier alpha value is -1.18. The number of aromatic nitrogens is 1. The number of Topliss-reactive ketones (excluding diaryl/α,β-unsaturated/α-hetero) is 1. The average Bonchev–Trinajstić information content (AvgIpc) is 2.05. The number of ketones is 1. The van der Waals surface area contributed by atoms with Crippen LogP contribution >= 0.6 is 0 Å². The van der Waals surface area contributed by atoms with Crippen LogP contribution in [0.4, 0.5) is 0 Å². The molecule has 0 unspecified atom stereocenters. The fraction of sp³-hybridized carbons (Fsp3) is 0.333. The van der Waals surface area contributed by atoms with E-state index in [-0.39, 0.29) is 5.78 Å². The van der Waals surface area contributed by atoms with Crippen LogP contribution in [0.25, 0.3) is 0 Å². The Kier molecular flexibility index (Phi) is 2.36. The van der Waals surface area contributed by atoms with Gasteiger partial charge in [-0.25, -0.2) is 4.57 Å². The van der Waals surface area contributed by atoms with Crippen molar-refractivity contribution >= 4 is 5.78 Å². The Bertz CT molecular complexity index is 268. The van der Waals surface area contributed by atoms with Crippen LogP contribution < -0.4 is 4.57 Å². The summed E-state index contributed by atoms with van der Waals surface area (Å²) in [5.41, 5.74) is 0.773. The number of carbonyl (C=O) groups excluding carboxylic acids is 1. The number of carbonyl (C=O) groups is 1. The molecule has 58 valence electrons. The van der Waals surface area contributed by atoms with Crippen LogP contribution in [0, 0.1) is 0 Å². The van der Waals surface area contributed by atoms with Gasteiger partial charge in [0.15, 0.2) is 18.2 Å². The molecular formula is C9H12NO+. The summed E-state index contributed by atoms with van der Waals surface area (Å²) < 4.78 is 1.98. The van der Waals surface area contributed by atoms with Gasteiger partial charge in [0.05, 0.1) is 5.56 Å². The second kappa shape index (κ2) is 3.28. The molecule has 0 N–H and O–H groups in total. The molecular weight excluding hydrogens is 138 g/mol. The molecule has 0 spiro atoms. The zero-order chi connectivity index (χ0) is 8.27. The quantitative estimate of drug-likeness (QED) is 0.458. The first-order valence-electron chi connectivity index (χ1n) is 3.74. The van der Waals surface area contributed by atoms with E-state index in [0.717, 1.165) is 12.1 Å². The van der Waals surface area contributed by atoms with Crippen LogP contribution in [-0.4, -0.2) is 5.78 Å². The van der Waals surface area contributed by atoms with Crippen molar-refractivity contribution in [2.24, 2.45) is 0 Å².